The molecule has 0 fully saturated rings. The average molecular weight is 448 g/mol. The number of hydrogen-bond acceptors (Lipinski definition) is 5. The minimum absolute atomic E-state index is 0.271. The van der Waals surface area contributed by atoms with Crippen LogP contribution in [0.15, 0.2) is 64.3 Å². The number of thioether (sulfide) groups is 1. The van der Waals surface area contributed by atoms with Crippen molar-refractivity contribution in [3.63, 3.8) is 0 Å². The predicted octanol–water partition coefficient (Wildman–Crippen LogP) is 4.51. The Balaban J connectivity index is 1.77. The Morgan fingerprint density at radius 1 is 1.09 bits per heavy atom. The van der Waals surface area contributed by atoms with E-state index in [4.69, 9.17) is 0 Å². The predicted molar refractivity (Wildman–Crippen MR) is 129 cm³/mol. The second kappa shape index (κ2) is 9.00. The Bertz CT molecular complexity index is 1340. The van der Waals surface area contributed by atoms with Crippen molar-refractivity contribution in [1.29, 1.82) is 0 Å². The van der Waals surface area contributed by atoms with Gasteiger partial charge < -0.3 is 5.32 Å². The number of fused-ring (bicyclic) bond motifs is 1. The normalized spacial score (nSPS) is 12.1. The van der Waals surface area contributed by atoms with E-state index >= 15 is 0 Å². The maximum atomic E-state index is 13.5. The number of carbonyl (C=O) groups is 1. The number of anilines is 1. The molecule has 1 N–H and O–H groups in total. The lowest BCUT2D eigenvalue weighted by atomic mass is 10.2. The van der Waals surface area contributed by atoms with Gasteiger partial charge in [-0.1, -0.05) is 31.2 Å². The van der Waals surface area contributed by atoms with Crippen LogP contribution in [0.3, 0.4) is 0 Å². The first-order valence-corrected chi connectivity index (χ1v) is 11.7. The summed E-state index contributed by atoms with van der Waals surface area (Å²) in [4.78, 5) is 27.6. The second-order valence-corrected chi connectivity index (χ2v) is 8.42. The number of benzene rings is 2. The number of carbonyl (C=O) groups excluding carboxylic acids is 1. The summed E-state index contributed by atoms with van der Waals surface area (Å²) in [6.45, 7) is 5.55. The van der Waals surface area contributed by atoms with Crippen molar-refractivity contribution in [1.82, 2.24) is 19.6 Å². The molecule has 1 amide bonds. The van der Waals surface area contributed by atoms with Gasteiger partial charge >= 0.3 is 0 Å². The summed E-state index contributed by atoms with van der Waals surface area (Å²) >= 11 is 1.60. The summed E-state index contributed by atoms with van der Waals surface area (Å²) in [5.41, 5.74) is 3.12. The van der Waals surface area contributed by atoms with E-state index in [-0.39, 0.29) is 11.5 Å². The molecule has 4 rings (SSSR count). The smallest absolute Gasteiger partial charge is 0.278 e. The summed E-state index contributed by atoms with van der Waals surface area (Å²) in [7, 11) is 0. The van der Waals surface area contributed by atoms with E-state index in [1.807, 2.05) is 81.6 Å². The molecule has 0 bridgehead atoms. The molecule has 32 heavy (non-hydrogen) atoms. The molecule has 0 unspecified atom stereocenters. The third-order valence-electron chi connectivity index (χ3n) is 5.46. The highest BCUT2D eigenvalue weighted by atomic mass is 32.2. The molecule has 0 saturated carbocycles. The lowest BCUT2D eigenvalue weighted by Gasteiger charge is -2.17. The van der Waals surface area contributed by atoms with Crippen LogP contribution < -0.4 is 10.9 Å². The van der Waals surface area contributed by atoms with E-state index in [1.54, 1.807) is 16.4 Å². The molecule has 0 aliphatic carbocycles. The van der Waals surface area contributed by atoms with Gasteiger partial charge in [0.2, 0.25) is 5.91 Å². The molecule has 0 aliphatic heterocycles. The molecule has 2 aromatic heterocycles. The van der Waals surface area contributed by atoms with Crippen molar-refractivity contribution in [2.24, 2.45) is 0 Å². The van der Waals surface area contributed by atoms with Crippen LogP contribution in [0.5, 0.6) is 0 Å². The van der Waals surface area contributed by atoms with E-state index in [1.165, 1.54) is 4.68 Å². The first kappa shape index (κ1) is 21.8. The van der Waals surface area contributed by atoms with Crippen LogP contribution in [0.4, 0.5) is 5.69 Å². The molecule has 2 heterocycles. The van der Waals surface area contributed by atoms with Crippen molar-refractivity contribution in [3.8, 4) is 5.69 Å². The quantitative estimate of drug-likeness (QED) is 0.440. The highest BCUT2D eigenvalue weighted by molar-refractivity contribution is 7.98. The summed E-state index contributed by atoms with van der Waals surface area (Å²) < 4.78 is 3.05. The van der Waals surface area contributed by atoms with Crippen LogP contribution in [-0.4, -0.2) is 31.7 Å². The molecule has 0 saturated heterocycles. The highest BCUT2D eigenvalue weighted by Crippen LogP contribution is 2.23. The zero-order valence-electron chi connectivity index (χ0n) is 18.5. The fourth-order valence-electron chi connectivity index (χ4n) is 3.81. The van der Waals surface area contributed by atoms with Crippen LogP contribution in [0.2, 0.25) is 0 Å². The topological polar surface area (TPSA) is 81.8 Å². The molecule has 0 radical (unpaired) electrons. The van der Waals surface area contributed by atoms with E-state index in [0.29, 0.717) is 28.7 Å². The van der Waals surface area contributed by atoms with E-state index in [0.717, 1.165) is 16.3 Å². The zero-order chi connectivity index (χ0) is 22.8. The molecule has 164 valence electrons. The van der Waals surface area contributed by atoms with Crippen LogP contribution in [-0.2, 0) is 4.79 Å². The standard InChI is InChI=1S/C24H25N5O2S/c1-5-20(23(30)25-17-10-9-13-19(14-17)32-4)29-24(31)21-16(3)28(18-11-7-6-8-12-18)27-22(21)15(2)26-29/h6-14,20H,5H2,1-4H3,(H,25,30)/t20-/m1/s1. The number of rotatable bonds is 6. The van der Waals surface area contributed by atoms with Gasteiger partial charge in [-0.25, -0.2) is 9.36 Å². The van der Waals surface area contributed by atoms with Crippen molar-refractivity contribution in [3.05, 3.63) is 76.3 Å². The van der Waals surface area contributed by atoms with Crippen LogP contribution >= 0.6 is 11.8 Å². The van der Waals surface area contributed by atoms with Gasteiger partial charge in [-0.2, -0.15) is 10.2 Å². The monoisotopic (exact) mass is 447 g/mol. The minimum atomic E-state index is -0.733. The van der Waals surface area contributed by atoms with Crippen molar-refractivity contribution in [2.45, 2.75) is 38.1 Å². The summed E-state index contributed by atoms with van der Waals surface area (Å²) in [6.07, 6.45) is 2.41. The molecular formula is C24H25N5O2S. The van der Waals surface area contributed by atoms with Gasteiger partial charge in [0.25, 0.3) is 5.56 Å². The lowest BCUT2D eigenvalue weighted by Crippen LogP contribution is -2.35. The molecule has 7 nitrogen and oxygen atoms in total. The van der Waals surface area contributed by atoms with Crippen LogP contribution in [0.1, 0.15) is 30.8 Å². The molecule has 0 spiro atoms. The molecule has 1 atom stereocenters. The van der Waals surface area contributed by atoms with E-state index in [9.17, 15) is 9.59 Å². The average Bonchev–Trinajstić information content (AvgIpc) is 3.16. The Labute approximate surface area is 190 Å². The lowest BCUT2D eigenvalue weighted by molar-refractivity contribution is -0.119. The van der Waals surface area contributed by atoms with Gasteiger partial charge in [-0.15, -0.1) is 11.8 Å². The first-order chi connectivity index (χ1) is 15.4. The van der Waals surface area contributed by atoms with Crippen LogP contribution in [0, 0.1) is 13.8 Å². The molecule has 2 aromatic carbocycles. The van der Waals surface area contributed by atoms with Gasteiger partial charge in [0.05, 0.1) is 22.5 Å². The number of nitrogens with one attached hydrogen (secondary N) is 1. The Kier molecular flexibility index (Phi) is 6.14. The number of hydrogen-bond donors (Lipinski definition) is 1. The zero-order valence-corrected chi connectivity index (χ0v) is 19.3. The van der Waals surface area contributed by atoms with Gasteiger partial charge in [0.1, 0.15) is 11.6 Å². The maximum Gasteiger partial charge on any atom is 0.278 e. The minimum Gasteiger partial charge on any atom is -0.324 e. The number of amides is 1. The van der Waals surface area contributed by atoms with E-state index in [2.05, 4.69) is 15.5 Å². The second-order valence-electron chi connectivity index (χ2n) is 7.54. The van der Waals surface area contributed by atoms with Gasteiger partial charge in [0, 0.05) is 10.6 Å². The van der Waals surface area contributed by atoms with Crippen molar-refractivity contribution in [2.75, 3.05) is 11.6 Å². The molecular weight excluding hydrogens is 422 g/mol. The Morgan fingerprint density at radius 2 is 1.84 bits per heavy atom. The molecule has 8 heteroatoms. The third kappa shape index (κ3) is 3.93. The maximum absolute atomic E-state index is 13.5. The first-order valence-electron chi connectivity index (χ1n) is 10.4. The SMILES string of the molecule is CC[C@H](C(=O)Nc1cccc(SC)c1)n1nc(C)c2nn(-c3ccccc3)c(C)c2c1=O. The van der Waals surface area contributed by atoms with Crippen molar-refractivity contribution < 1.29 is 4.79 Å². The molecule has 4 aromatic rings. The Morgan fingerprint density at radius 3 is 2.53 bits per heavy atom. The van der Waals surface area contributed by atoms with Gasteiger partial charge in [-0.05, 0) is 56.9 Å². The molecule has 0 aliphatic rings. The van der Waals surface area contributed by atoms with E-state index < -0.39 is 6.04 Å². The number of nitrogens with zero attached hydrogens (tertiary/aromatic N) is 4. The van der Waals surface area contributed by atoms with Gasteiger partial charge in [0.15, 0.2) is 0 Å². The number of aryl methyl sites for hydroxylation is 2. The largest absolute Gasteiger partial charge is 0.324 e. The number of aromatic nitrogens is 4. The van der Waals surface area contributed by atoms with Crippen LogP contribution in [0.25, 0.3) is 16.6 Å². The summed E-state index contributed by atoms with van der Waals surface area (Å²) in [6, 6.07) is 16.5. The summed E-state index contributed by atoms with van der Waals surface area (Å²) in [5.74, 6) is -0.271. The van der Waals surface area contributed by atoms with Crippen molar-refractivity contribution >= 4 is 34.3 Å². The Hall–Kier alpha value is -3.39. The summed E-state index contributed by atoms with van der Waals surface area (Å²) in [5, 5.41) is 12.5. The fourth-order valence-corrected chi connectivity index (χ4v) is 4.27. The fraction of sp³-hybridized carbons (Fsp3) is 0.250. The highest BCUT2D eigenvalue weighted by Gasteiger charge is 2.25. The third-order valence-corrected chi connectivity index (χ3v) is 6.19. The number of para-hydroxylation sites is 1. The van der Waals surface area contributed by atoms with Gasteiger partial charge in [-0.3, -0.25) is 9.59 Å².